The molecule has 3 N–H and O–H groups in total. The van der Waals surface area contributed by atoms with Gasteiger partial charge in [-0.25, -0.2) is 4.98 Å². The monoisotopic (exact) mass is 285 g/mol. The Labute approximate surface area is 123 Å². The molecule has 6 nitrogen and oxygen atoms in total. The number of rotatable bonds is 2. The summed E-state index contributed by atoms with van der Waals surface area (Å²) in [4.78, 5) is 22.6. The number of hydrogen-bond donors (Lipinski definition) is 2. The van der Waals surface area contributed by atoms with Gasteiger partial charge in [0.25, 0.3) is 5.56 Å². The van der Waals surface area contributed by atoms with E-state index < -0.39 is 0 Å². The molecule has 1 fully saturated rings. The highest BCUT2D eigenvalue weighted by atomic mass is 16.1. The molecule has 0 saturated carbocycles. The predicted octanol–water partition coefficient (Wildman–Crippen LogP) is 0.987. The third-order valence-corrected chi connectivity index (χ3v) is 3.81. The standard InChI is InChI=1S/C15H19N5O/c1-11-3-2-4-12(9-11)19-5-7-20(8-6-19)14-13(16)15(21)18-10-17-14/h2-4,9-10H,5-8,16H2,1H3,(H,17,18,21). The second-order valence-electron chi connectivity index (χ2n) is 5.28. The van der Waals surface area contributed by atoms with Crippen LogP contribution >= 0.6 is 0 Å². The number of aryl methyl sites for hydroxylation is 1. The second kappa shape index (κ2) is 5.47. The molecule has 2 aromatic rings. The molecule has 3 rings (SSSR count). The van der Waals surface area contributed by atoms with Gasteiger partial charge in [0.15, 0.2) is 5.82 Å². The number of nitrogen functional groups attached to an aromatic ring is 1. The van der Waals surface area contributed by atoms with Gasteiger partial charge in [-0.1, -0.05) is 12.1 Å². The quantitative estimate of drug-likeness (QED) is 0.860. The van der Waals surface area contributed by atoms with E-state index in [0.717, 1.165) is 26.2 Å². The maximum atomic E-state index is 11.5. The highest BCUT2D eigenvalue weighted by Gasteiger charge is 2.20. The lowest BCUT2D eigenvalue weighted by Gasteiger charge is -2.37. The minimum atomic E-state index is -0.277. The van der Waals surface area contributed by atoms with E-state index >= 15 is 0 Å². The number of nitrogens with one attached hydrogen (secondary N) is 1. The lowest BCUT2D eigenvalue weighted by atomic mass is 10.2. The van der Waals surface area contributed by atoms with Gasteiger partial charge in [0.2, 0.25) is 0 Å². The van der Waals surface area contributed by atoms with Gasteiger partial charge in [-0.15, -0.1) is 0 Å². The summed E-state index contributed by atoms with van der Waals surface area (Å²) in [6, 6.07) is 8.49. The van der Waals surface area contributed by atoms with Crippen molar-refractivity contribution < 1.29 is 0 Å². The minimum absolute atomic E-state index is 0.196. The highest BCUT2D eigenvalue weighted by molar-refractivity contribution is 5.62. The van der Waals surface area contributed by atoms with Crippen LogP contribution in [0.4, 0.5) is 17.2 Å². The van der Waals surface area contributed by atoms with Gasteiger partial charge < -0.3 is 20.5 Å². The second-order valence-corrected chi connectivity index (χ2v) is 5.28. The Kier molecular flexibility index (Phi) is 3.51. The van der Waals surface area contributed by atoms with E-state index in [2.05, 4.69) is 51.0 Å². The summed E-state index contributed by atoms with van der Waals surface area (Å²) in [6.07, 6.45) is 1.40. The third kappa shape index (κ3) is 2.69. The number of benzene rings is 1. The molecule has 1 saturated heterocycles. The summed E-state index contributed by atoms with van der Waals surface area (Å²) in [7, 11) is 0. The molecule has 1 aromatic carbocycles. The normalized spacial score (nSPS) is 15.3. The van der Waals surface area contributed by atoms with Gasteiger partial charge in [-0.3, -0.25) is 4.79 Å². The van der Waals surface area contributed by atoms with Crippen LogP contribution in [0.2, 0.25) is 0 Å². The smallest absolute Gasteiger partial charge is 0.276 e. The first kappa shape index (κ1) is 13.5. The largest absolute Gasteiger partial charge is 0.391 e. The third-order valence-electron chi connectivity index (χ3n) is 3.81. The number of piperazine rings is 1. The van der Waals surface area contributed by atoms with Crippen molar-refractivity contribution in [2.24, 2.45) is 0 Å². The SMILES string of the molecule is Cc1cccc(N2CCN(c3nc[nH]c(=O)c3N)CC2)c1. The first-order valence-electron chi connectivity index (χ1n) is 7.05. The minimum Gasteiger partial charge on any atom is -0.391 e. The van der Waals surface area contributed by atoms with Crippen molar-refractivity contribution in [3.63, 3.8) is 0 Å². The Morgan fingerprint density at radius 2 is 1.90 bits per heavy atom. The Morgan fingerprint density at radius 1 is 1.19 bits per heavy atom. The molecule has 0 bridgehead atoms. The summed E-state index contributed by atoms with van der Waals surface area (Å²) < 4.78 is 0. The number of H-pyrrole nitrogens is 1. The molecule has 1 aliphatic rings. The van der Waals surface area contributed by atoms with Crippen molar-refractivity contribution in [2.45, 2.75) is 6.92 Å². The zero-order chi connectivity index (χ0) is 14.8. The van der Waals surface area contributed by atoms with Crippen LogP contribution in [0.1, 0.15) is 5.56 Å². The fourth-order valence-electron chi connectivity index (χ4n) is 2.65. The first-order chi connectivity index (χ1) is 10.1. The van der Waals surface area contributed by atoms with E-state index in [4.69, 9.17) is 5.73 Å². The van der Waals surface area contributed by atoms with E-state index in [-0.39, 0.29) is 11.2 Å². The zero-order valence-electron chi connectivity index (χ0n) is 12.0. The number of nitrogens with two attached hydrogens (primary N) is 1. The van der Waals surface area contributed by atoms with E-state index in [1.807, 2.05) is 0 Å². The lowest BCUT2D eigenvalue weighted by Crippen LogP contribution is -2.47. The number of hydrogen-bond acceptors (Lipinski definition) is 5. The van der Waals surface area contributed by atoms with Gasteiger partial charge in [-0.05, 0) is 24.6 Å². The van der Waals surface area contributed by atoms with Crippen molar-refractivity contribution >= 4 is 17.2 Å². The molecule has 21 heavy (non-hydrogen) atoms. The highest BCUT2D eigenvalue weighted by Crippen LogP contribution is 2.21. The van der Waals surface area contributed by atoms with Gasteiger partial charge in [-0.2, -0.15) is 0 Å². The van der Waals surface area contributed by atoms with Crippen molar-refractivity contribution in [1.82, 2.24) is 9.97 Å². The summed E-state index contributed by atoms with van der Waals surface area (Å²) in [5.41, 5.74) is 8.23. The summed E-state index contributed by atoms with van der Waals surface area (Å²) in [5, 5.41) is 0. The fourth-order valence-corrected chi connectivity index (χ4v) is 2.65. The van der Waals surface area contributed by atoms with Gasteiger partial charge in [0.1, 0.15) is 5.69 Å². The Balaban J connectivity index is 1.73. The number of nitrogens with zero attached hydrogens (tertiary/aromatic N) is 3. The summed E-state index contributed by atoms with van der Waals surface area (Å²) >= 11 is 0. The molecule has 0 spiro atoms. The van der Waals surface area contributed by atoms with Crippen LogP contribution in [0, 0.1) is 6.92 Å². The molecule has 6 heteroatoms. The Morgan fingerprint density at radius 3 is 2.62 bits per heavy atom. The topological polar surface area (TPSA) is 78.2 Å². The molecule has 110 valence electrons. The number of aromatic amines is 1. The number of anilines is 3. The summed E-state index contributed by atoms with van der Waals surface area (Å²) in [5.74, 6) is 0.586. The molecule has 0 amide bonds. The van der Waals surface area contributed by atoms with E-state index in [9.17, 15) is 4.79 Å². The average molecular weight is 285 g/mol. The molecule has 0 unspecified atom stereocenters. The zero-order valence-corrected chi connectivity index (χ0v) is 12.0. The molecule has 0 radical (unpaired) electrons. The van der Waals surface area contributed by atoms with Crippen LogP contribution < -0.4 is 21.1 Å². The van der Waals surface area contributed by atoms with Crippen molar-refractivity contribution in [1.29, 1.82) is 0 Å². The molecule has 1 aromatic heterocycles. The molecule has 0 atom stereocenters. The lowest BCUT2D eigenvalue weighted by molar-refractivity contribution is 0.647. The van der Waals surface area contributed by atoms with Crippen molar-refractivity contribution in [2.75, 3.05) is 41.7 Å². The van der Waals surface area contributed by atoms with Crippen LogP contribution in [0.15, 0.2) is 35.4 Å². The molecular weight excluding hydrogens is 266 g/mol. The molecule has 0 aliphatic carbocycles. The Hall–Kier alpha value is -2.50. The van der Waals surface area contributed by atoms with E-state index in [1.54, 1.807) is 0 Å². The molecule has 2 heterocycles. The van der Waals surface area contributed by atoms with E-state index in [1.165, 1.54) is 17.6 Å². The van der Waals surface area contributed by atoms with E-state index in [0.29, 0.717) is 5.82 Å². The van der Waals surface area contributed by atoms with Crippen LogP contribution in [0.3, 0.4) is 0 Å². The van der Waals surface area contributed by atoms with Crippen LogP contribution in [-0.2, 0) is 0 Å². The average Bonchev–Trinajstić information content (AvgIpc) is 2.50. The van der Waals surface area contributed by atoms with Crippen LogP contribution in [-0.4, -0.2) is 36.1 Å². The van der Waals surface area contributed by atoms with Gasteiger partial charge in [0.05, 0.1) is 6.33 Å². The predicted molar refractivity (Wildman–Crippen MR) is 84.9 cm³/mol. The van der Waals surface area contributed by atoms with Crippen LogP contribution in [0.5, 0.6) is 0 Å². The maximum Gasteiger partial charge on any atom is 0.276 e. The fraction of sp³-hybridized carbons (Fsp3) is 0.333. The number of aromatic nitrogens is 2. The Bertz CT molecular complexity index is 688. The van der Waals surface area contributed by atoms with Gasteiger partial charge in [0, 0.05) is 31.9 Å². The van der Waals surface area contributed by atoms with Crippen molar-refractivity contribution in [3.05, 3.63) is 46.5 Å². The first-order valence-corrected chi connectivity index (χ1v) is 7.05. The van der Waals surface area contributed by atoms with Gasteiger partial charge >= 0.3 is 0 Å². The maximum absolute atomic E-state index is 11.5. The molecule has 1 aliphatic heterocycles. The van der Waals surface area contributed by atoms with Crippen molar-refractivity contribution in [3.8, 4) is 0 Å². The summed E-state index contributed by atoms with van der Waals surface area (Å²) in [6.45, 7) is 5.47. The molecular formula is C15H19N5O. The van der Waals surface area contributed by atoms with Crippen LogP contribution in [0.25, 0.3) is 0 Å².